The van der Waals surface area contributed by atoms with Crippen molar-refractivity contribution in [1.82, 2.24) is 0 Å². The molecule has 0 N–H and O–H groups in total. The van der Waals surface area contributed by atoms with Crippen molar-refractivity contribution in [2.75, 3.05) is 0 Å². The number of furan rings is 1. The number of para-hydroxylation sites is 2. The van der Waals surface area contributed by atoms with Crippen LogP contribution in [0.15, 0.2) is 138 Å². The van der Waals surface area contributed by atoms with E-state index in [1.165, 1.54) is 42.4 Å². The lowest BCUT2D eigenvalue weighted by molar-refractivity contribution is 0.670. The van der Waals surface area contributed by atoms with Crippen molar-refractivity contribution in [2.24, 2.45) is 0 Å². The molecule has 2 aromatic heterocycles. The summed E-state index contributed by atoms with van der Waals surface area (Å²) >= 11 is 1.88. The van der Waals surface area contributed by atoms with E-state index in [-0.39, 0.29) is 0 Å². The zero-order valence-electron chi connectivity index (χ0n) is 20.5. The third kappa shape index (κ3) is 3.31. The van der Waals surface area contributed by atoms with Crippen molar-refractivity contribution in [3.8, 4) is 33.4 Å². The Hall–Kier alpha value is -4.66. The molecule has 0 atom stereocenters. The van der Waals surface area contributed by atoms with Gasteiger partial charge in [-0.15, -0.1) is 11.3 Å². The minimum Gasteiger partial charge on any atom is -0.455 e. The van der Waals surface area contributed by atoms with Crippen LogP contribution in [0, 0.1) is 0 Å². The lowest BCUT2D eigenvalue weighted by Crippen LogP contribution is -1.83. The first-order valence-corrected chi connectivity index (χ1v) is 13.7. The fourth-order valence-electron chi connectivity index (χ4n) is 5.63. The molecule has 0 bridgehead atoms. The van der Waals surface area contributed by atoms with Gasteiger partial charge in [0.2, 0.25) is 0 Å². The summed E-state index contributed by atoms with van der Waals surface area (Å²) in [5, 5.41) is 4.99. The molecule has 8 aromatic rings. The maximum absolute atomic E-state index is 6.26. The van der Waals surface area contributed by atoms with Crippen molar-refractivity contribution >= 4 is 53.4 Å². The maximum atomic E-state index is 6.26. The quantitative estimate of drug-likeness (QED) is 0.234. The molecule has 0 spiro atoms. The van der Waals surface area contributed by atoms with Crippen LogP contribution in [0.25, 0.3) is 75.5 Å². The third-order valence-electron chi connectivity index (χ3n) is 7.53. The van der Waals surface area contributed by atoms with E-state index in [1.807, 2.05) is 23.5 Å². The van der Waals surface area contributed by atoms with E-state index >= 15 is 0 Å². The Morgan fingerprint density at radius 3 is 1.71 bits per heavy atom. The minimum atomic E-state index is 0.929. The van der Waals surface area contributed by atoms with Gasteiger partial charge in [-0.3, -0.25) is 0 Å². The van der Waals surface area contributed by atoms with Gasteiger partial charge in [0.1, 0.15) is 11.2 Å². The summed E-state index contributed by atoms with van der Waals surface area (Å²) in [5.41, 5.74) is 9.12. The normalized spacial score (nSPS) is 11.7. The second kappa shape index (κ2) is 8.44. The van der Waals surface area contributed by atoms with Crippen molar-refractivity contribution in [3.05, 3.63) is 133 Å². The molecule has 0 amide bonds. The number of hydrogen-bond acceptors (Lipinski definition) is 2. The molecule has 0 aliphatic carbocycles. The predicted octanol–water partition coefficient (Wildman–Crippen LogP) is 11.0. The van der Waals surface area contributed by atoms with Crippen LogP contribution >= 0.6 is 11.3 Å². The highest BCUT2D eigenvalue weighted by molar-refractivity contribution is 7.26. The molecule has 6 aromatic carbocycles. The standard InChI is InChI=1S/C36H22OS/c1-3-13-33-29(7-1)31-11-5-9-27(35(31)37-33)25-19-15-23(16-20-25)24-17-21-26(22-18-24)28-10-6-12-32-30-8-2-4-14-34(30)38-36(28)32/h1-22H. The van der Waals surface area contributed by atoms with Gasteiger partial charge < -0.3 is 4.42 Å². The Bertz CT molecular complexity index is 1950. The highest BCUT2D eigenvalue weighted by atomic mass is 32.1. The first-order chi connectivity index (χ1) is 18.8. The second-order valence-electron chi connectivity index (χ2n) is 9.72. The number of rotatable bonds is 3. The monoisotopic (exact) mass is 502 g/mol. The minimum absolute atomic E-state index is 0.929. The Morgan fingerprint density at radius 2 is 0.947 bits per heavy atom. The van der Waals surface area contributed by atoms with E-state index in [0.717, 1.165) is 33.1 Å². The second-order valence-corrected chi connectivity index (χ2v) is 10.8. The lowest BCUT2D eigenvalue weighted by atomic mass is 9.97. The van der Waals surface area contributed by atoms with Gasteiger partial charge >= 0.3 is 0 Å². The van der Waals surface area contributed by atoms with Crippen LogP contribution in [0.4, 0.5) is 0 Å². The zero-order valence-corrected chi connectivity index (χ0v) is 21.3. The first-order valence-electron chi connectivity index (χ1n) is 12.9. The predicted molar refractivity (Wildman–Crippen MR) is 163 cm³/mol. The summed E-state index contributed by atoms with van der Waals surface area (Å²) in [4.78, 5) is 0. The fraction of sp³-hybridized carbons (Fsp3) is 0. The van der Waals surface area contributed by atoms with Crippen molar-refractivity contribution in [3.63, 3.8) is 0 Å². The van der Waals surface area contributed by atoms with Gasteiger partial charge in [-0.2, -0.15) is 0 Å². The van der Waals surface area contributed by atoms with Gasteiger partial charge in [-0.1, -0.05) is 121 Å². The number of thiophene rings is 1. The molecule has 2 heterocycles. The van der Waals surface area contributed by atoms with Crippen LogP contribution in [-0.2, 0) is 0 Å². The molecule has 0 fully saturated rings. The topological polar surface area (TPSA) is 13.1 Å². The van der Waals surface area contributed by atoms with E-state index in [1.54, 1.807) is 0 Å². The van der Waals surface area contributed by atoms with E-state index in [4.69, 9.17) is 4.42 Å². The largest absolute Gasteiger partial charge is 0.455 e. The molecule has 178 valence electrons. The summed E-state index contributed by atoms with van der Waals surface area (Å²) in [6.07, 6.45) is 0. The molecule has 0 saturated carbocycles. The molecule has 0 unspecified atom stereocenters. The molecule has 0 aliphatic heterocycles. The molecule has 0 radical (unpaired) electrons. The smallest absolute Gasteiger partial charge is 0.143 e. The highest BCUT2D eigenvalue weighted by Crippen LogP contribution is 2.40. The van der Waals surface area contributed by atoms with Gasteiger partial charge in [0, 0.05) is 36.5 Å². The lowest BCUT2D eigenvalue weighted by Gasteiger charge is -2.08. The van der Waals surface area contributed by atoms with E-state index < -0.39 is 0 Å². The van der Waals surface area contributed by atoms with Crippen LogP contribution in [-0.4, -0.2) is 0 Å². The maximum Gasteiger partial charge on any atom is 0.143 e. The molecule has 2 heteroatoms. The van der Waals surface area contributed by atoms with Crippen LogP contribution in [0.5, 0.6) is 0 Å². The Balaban J connectivity index is 1.14. The molecule has 0 saturated heterocycles. The molecular formula is C36H22OS. The number of benzene rings is 6. The summed E-state index contributed by atoms with van der Waals surface area (Å²) in [5.74, 6) is 0. The molecule has 0 aliphatic rings. The van der Waals surface area contributed by atoms with Crippen LogP contribution in [0.1, 0.15) is 0 Å². The summed E-state index contributed by atoms with van der Waals surface area (Å²) in [6, 6.07) is 47.7. The average molecular weight is 503 g/mol. The van der Waals surface area contributed by atoms with Gasteiger partial charge in [-0.05, 0) is 39.9 Å². The summed E-state index contributed by atoms with van der Waals surface area (Å²) in [7, 11) is 0. The third-order valence-corrected chi connectivity index (χ3v) is 8.75. The van der Waals surface area contributed by atoms with E-state index in [2.05, 4.69) is 121 Å². The Morgan fingerprint density at radius 1 is 0.395 bits per heavy atom. The van der Waals surface area contributed by atoms with Gasteiger partial charge in [0.25, 0.3) is 0 Å². The molecule has 8 rings (SSSR count). The number of hydrogen-bond donors (Lipinski definition) is 0. The van der Waals surface area contributed by atoms with Crippen molar-refractivity contribution < 1.29 is 4.42 Å². The number of fused-ring (bicyclic) bond motifs is 6. The van der Waals surface area contributed by atoms with E-state index in [0.29, 0.717) is 0 Å². The average Bonchev–Trinajstić information content (AvgIpc) is 3.56. The Kier molecular flexibility index (Phi) is 4.76. The van der Waals surface area contributed by atoms with E-state index in [9.17, 15) is 0 Å². The molecule has 38 heavy (non-hydrogen) atoms. The van der Waals surface area contributed by atoms with Crippen molar-refractivity contribution in [1.29, 1.82) is 0 Å². The zero-order chi connectivity index (χ0) is 25.1. The molecule has 1 nitrogen and oxygen atoms in total. The Labute approximate surface area is 224 Å². The van der Waals surface area contributed by atoms with Crippen LogP contribution in [0.2, 0.25) is 0 Å². The van der Waals surface area contributed by atoms with Crippen molar-refractivity contribution in [2.45, 2.75) is 0 Å². The first kappa shape index (κ1) is 21.4. The van der Waals surface area contributed by atoms with Gasteiger partial charge in [0.15, 0.2) is 0 Å². The SMILES string of the molecule is c1ccc2c(c1)oc1c(-c3ccc(-c4ccc(-c5cccc6c5sc5ccccc56)cc4)cc3)cccc12. The summed E-state index contributed by atoms with van der Waals surface area (Å²) < 4.78 is 8.95. The summed E-state index contributed by atoms with van der Waals surface area (Å²) in [6.45, 7) is 0. The van der Waals surface area contributed by atoms with Gasteiger partial charge in [-0.25, -0.2) is 0 Å². The van der Waals surface area contributed by atoms with Crippen LogP contribution < -0.4 is 0 Å². The highest BCUT2D eigenvalue weighted by Gasteiger charge is 2.13. The fourth-order valence-corrected chi connectivity index (χ4v) is 6.87. The molecular weight excluding hydrogens is 480 g/mol. The van der Waals surface area contributed by atoms with Crippen LogP contribution in [0.3, 0.4) is 0 Å². The van der Waals surface area contributed by atoms with Gasteiger partial charge in [0.05, 0.1) is 0 Å².